The van der Waals surface area contributed by atoms with Crippen molar-refractivity contribution in [1.29, 1.82) is 0 Å². The molecule has 1 aromatic heterocycles. The monoisotopic (exact) mass is 194 g/mol. The van der Waals surface area contributed by atoms with Crippen molar-refractivity contribution in [3.05, 3.63) is 23.5 Å². The minimum atomic E-state index is -0.166. The average Bonchev–Trinajstić information content (AvgIpc) is 2.45. The molecular formula is C10H14N2O2. The Morgan fingerprint density at radius 3 is 2.79 bits per heavy atom. The molecule has 2 heterocycles. The summed E-state index contributed by atoms with van der Waals surface area (Å²) in [6.45, 7) is 2.28. The van der Waals surface area contributed by atoms with Gasteiger partial charge in [0.25, 0.3) is 0 Å². The van der Waals surface area contributed by atoms with Crippen LogP contribution >= 0.6 is 0 Å². The van der Waals surface area contributed by atoms with Crippen molar-refractivity contribution in [2.75, 3.05) is 13.1 Å². The van der Waals surface area contributed by atoms with Crippen LogP contribution in [0.3, 0.4) is 0 Å². The number of aldehydes is 1. The van der Waals surface area contributed by atoms with Gasteiger partial charge in [0, 0.05) is 32.4 Å². The van der Waals surface area contributed by atoms with Crippen molar-refractivity contribution in [3.8, 4) is 0 Å². The summed E-state index contributed by atoms with van der Waals surface area (Å²) in [7, 11) is 1.88. The van der Waals surface area contributed by atoms with Gasteiger partial charge in [0.05, 0.1) is 11.8 Å². The molecule has 0 aromatic carbocycles. The number of carbonyl (C=O) groups excluding carboxylic acids is 1. The maximum atomic E-state index is 10.6. The second-order valence-electron chi connectivity index (χ2n) is 3.77. The quantitative estimate of drug-likeness (QED) is 0.690. The standard InChI is InChI=1S/C10H14N2O2/c1-11-8(2-3-9(11)7-13)4-12-5-10(14)6-12/h2-3,7,10,14H,4-6H2,1H3. The Bertz CT molecular complexity index is 340. The number of rotatable bonds is 3. The summed E-state index contributed by atoms with van der Waals surface area (Å²) >= 11 is 0. The zero-order chi connectivity index (χ0) is 10.1. The first-order valence-electron chi connectivity index (χ1n) is 4.71. The first-order chi connectivity index (χ1) is 6.70. The normalized spacial score (nSPS) is 18.1. The lowest BCUT2D eigenvalue weighted by Crippen LogP contribution is -2.50. The van der Waals surface area contributed by atoms with E-state index in [0.717, 1.165) is 31.6 Å². The van der Waals surface area contributed by atoms with E-state index in [4.69, 9.17) is 5.11 Å². The van der Waals surface area contributed by atoms with Crippen molar-refractivity contribution in [3.63, 3.8) is 0 Å². The summed E-state index contributed by atoms with van der Waals surface area (Å²) in [6, 6.07) is 3.77. The average molecular weight is 194 g/mol. The van der Waals surface area contributed by atoms with Gasteiger partial charge in [-0.2, -0.15) is 0 Å². The first kappa shape index (κ1) is 9.43. The molecule has 0 spiro atoms. The molecule has 2 rings (SSSR count). The Hall–Kier alpha value is -1.13. The smallest absolute Gasteiger partial charge is 0.166 e. The van der Waals surface area contributed by atoms with Crippen LogP contribution in [-0.2, 0) is 13.6 Å². The zero-order valence-corrected chi connectivity index (χ0v) is 8.18. The molecule has 0 radical (unpaired) electrons. The van der Waals surface area contributed by atoms with Crippen LogP contribution in [0.2, 0.25) is 0 Å². The van der Waals surface area contributed by atoms with Crippen molar-refractivity contribution >= 4 is 6.29 Å². The Morgan fingerprint density at radius 2 is 2.29 bits per heavy atom. The van der Waals surface area contributed by atoms with Crippen LogP contribution in [0.25, 0.3) is 0 Å². The van der Waals surface area contributed by atoms with Crippen LogP contribution in [0.1, 0.15) is 16.2 Å². The summed E-state index contributed by atoms with van der Waals surface area (Å²) in [6.07, 6.45) is 0.690. The molecular weight excluding hydrogens is 180 g/mol. The zero-order valence-electron chi connectivity index (χ0n) is 8.18. The Morgan fingerprint density at radius 1 is 1.57 bits per heavy atom. The Kier molecular flexibility index (Phi) is 2.39. The number of likely N-dealkylation sites (tertiary alicyclic amines) is 1. The van der Waals surface area contributed by atoms with E-state index < -0.39 is 0 Å². The lowest BCUT2D eigenvalue weighted by Gasteiger charge is -2.35. The second kappa shape index (κ2) is 3.55. The predicted molar refractivity (Wildman–Crippen MR) is 52.1 cm³/mol. The van der Waals surface area contributed by atoms with E-state index in [1.54, 1.807) is 0 Å². The Labute approximate surface area is 82.7 Å². The molecule has 1 aliphatic heterocycles. The van der Waals surface area contributed by atoms with Crippen molar-refractivity contribution in [1.82, 2.24) is 9.47 Å². The highest BCUT2D eigenvalue weighted by Gasteiger charge is 2.24. The molecule has 0 saturated carbocycles. The van der Waals surface area contributed by atoms with Gasteiger partial charge in [-0.1, -0.05) is 0 Å². The molecule has 0 aliphatic carbocycles. The summed E-state index contributed by atoms with van der Waals surface area (Å²) < 4.78 is 1.89. The van der Waals surface area contributed by atoms with Crippen molar-refractivity contribution < 1.29 is 9.90 Å². The van der Waals surface area contributed by atoms with Crippen molar-refractivity contribution in [2.24, 2.45) is 7.05 Å². The summed E-state index contributed by atoms with van der Waals surface area (Å²) in [5.74, 6) is 0. The highest BCUT2D eigenvalue weighted by atomic mass is 16.3. The fourth-order valence-corrected chi connectivity index (χ4v) is 1.75. The first-order valence-corrected chi connectivity index (χ1v) is 4.71. The van der Waals surface area contributed by atoms with E-state index in [-0.39, 0.29) is 6.10 Å². The molecule has 1 fully saturated rings. The third-order valence-corrected chi connectivity index (χ3v) is 2.71. The number of β-amino-alcohol motifs (C(OH)–C–C–N with tert-alkyl or cyclic N) is 1. The molecule has 1 aromatic rings. The molecule has 14 heavy (non-hydrogen) atoms. The van der Waals surface area contributed by atoms with Gasteiger partial charge in [-0.25, -0.2) is 0 Å². The minimum absolute atomic E-state index is 0.166. The van der Waals surface area contributed by atoms with E-state index in [1.807, 2.05) is 23.7 Å². The van der Waals surface area contributed by atoms with Gasteiger partial charge in [0.15, 0.2) is 6.29 Å². The maximum absolute atomic E-state index is 10.6. The molecule has 4 nitrogen and oxygen atoms in total. The molecule has 1 N–H and O–H groups in total. The molecule has 0 atom stereocenters. The van der Waals surface area contributed by atoms with Crippen LogP contribution in [0.4, 0.5) is 0 Å². The van der Waals surface area contributed by atoms with Crippen LogP contribution in [0, 0.1) is 0 Å². The highest BCUT2D eigenvalue weighted by molar-refractivity contribution is 5.72. The molecule has 76 valence electrons. The largest absolute Gasteiger partial charge is 0.390 e. The number of aliphatic hydroxyl groups is 1. The van der Waals surface area contributed by atoms with Gasteiger partial charge in [-0.05, 0) is 12.1 Å². The minimum Gasteiger partial charge on any atom is -0.390 e. The summed E-state index contributed by atoms with van der Waals surface area (Å²) in [5, 5.41) is 9.11. The van der Waals surface area contributed by atoms with E-state index in [2.05, 4.69) is 4.90 Å². The van der Waals surface area contributed by atoms with Gasteiger partial charge in [0.1, 0.15) is 0 Å². The third-order valence-electron chi connectivity index (χ3n) is 2.71. The van der Waals surface area contributed by atoms with E-state index in [9.17, 15) is 4.79 Å². The third kappa shape index (κ3) is 1.58. The van der Waals surface area contributed by atoms with Crippen LogP contribution in [-0.4, -0.2) is 40.1 Å². The topological polar surface area (TPSA) is 45.5 Å². The highest BCUT2D eigenvalue weighted by Crippen LogP contribution is 2.14. The molecule has 4 heteroatoms. The molecule has 1 aliphatic rings. The van der Waals surface area contributed by atoms with Gasteiger partial charge >= 0.3 is 0 Å². The maximum Gasteiger partial charge on any atom is 0.166 e. The van der Waals surface area contributed by atoms with Gasteiger partial charge in [-0.3, -0.25) is 9.69 Å². The van der Waals surface area contributed by atoms with Gasteiger partial charge in [-0.15, -0.1) is 0 Å². The number of aromatic nitrogens is 1. The number of hydrogen-bond acceptors (Lipinski definition) is 3. The van der Waals surface area contributed by atoms with E-state index >= 15 is 0 Å². The lowest BCUT2D eigenvalue weighted by molar-refractivity contribution is -0.00399. The SMILES string of the molecule is Cn1c(C=O)ccc1CN1CC(O)C1. The fourth-order valence-electron chi connectivity index (χ4n) is 1.75. The predicted octanol–water partition coefficient (Wildman–Crippen LogP) is 0.0141. The molecule has 0 unspecified atom stereocenters. The van der Waals surface area contributed by atoms with E-state index in [0.29, 0.717) is 5.69 Å². The second-order valence-corrected chi connectivity index (χ2v) is 3.77. The van der Waals surface area contributed by atoms with Crippen LogP contribution in [0.15, 0.2) is 12.1 Å². The summed E-state index contributed by atoms with van der Waals surface area (Å²) in [4.78, 5) is 12.7. The van der Waals surface area contributed by atoms with Gasteiger partial charge < -0.3 is 9.67 Å². The molecule has 0 amide bonds. The number of aliphatic hydroxyl groups excluding tert-OH is 1. The fraction of sp³-hybridized carbons (Fsp3) is 0.500. The number of hydrogen-bond donors (Lipinski definition) is 1. The van der Waals surface area contributed by atoms with Crippen LogP contribution < -0.4 is 0 Å². The van der Waals surface area contributed by atoms with Crippen LogP contribution in [0.5, 0.6) is 0 Å². The molecule has 0 bridgehead atoms. The Balaban J connectivity index is 2.02. The summed E-state index contributed by atoms with van der Waals surface area (Å²) in [5.41, 5.74) is 1.81. The number of carbonyl (C=O) groups is 1. The lowest BCUT2D eigenvalue weighted by atomic mass is 10.1. The van der Waals surface area contributed by atoms with E-state index in [1.165, 1.54) is 0 Å². The van der Waals surface area contributed by atoms with Crippen molar-refractivity contribution in [2.45, 2.75) is 12.6 Å². The molecule has 1 saturated heterocycles. The number of nitrogens with zero attached hydrogens (tertiary/aromatic N) is 2. The van der Waals surface area contributed by atoms with Gasteiger partial charge in [0.2, 0.25) is 0 Å².